The van der Waals surface area contributed by atoms with Crippen molar-refractivity contribution >= 4 is 5.69 Å². The van der Waals surface area contributed by atoms with Crippen molar-refractivity contribution in [3.05, 3.63) is 29.8 Å². The molecule has 16 heavy (non-hydrogen) atoms. The molecule has 2 rings (SSSR count). The average Bonchev–Trinajstić information content (AvgIpc) is 2.68. The van der Waals surface area contributed by atoms with Gasteiger partial charge in [-0.1, -0.05) is 18.2 Å². The molecule has 4 nitrogen and oxygen atoms in total. The predicted octanol–water partition coefficient (Wildman–Crippen LogP) is 1.00. The van der Waals surface area contributed by atoms with Gasteiger partial charge in [0, 0.05) is 18.4 Å². The number of anilines is 1. The summed E-state index contributed by atoms with van der Waals surface area (Å²) in [5, 5.41) is 12.9. The highest BCUT2D eigenvalue weighted by atomic mass is 16.5. The summed E-state index contributed by atoms with van der Waals surface area (Å²) in [6.07, 6.45) is -0.435. The van der Waals surface area contributed by atoms with Gasteiger partial charge in [0.15, 0.2) is 0 Å². The summed E-state index contributed by atoms with van der Waals surface area (Å²) in [4.78, 5) is 0. The molecule has 0 spiro atoms. The molecule has 0 radical (unpaired) electrons. The Balaban J connectivity index is 2.07. The van der Waals surface area contributed by atoms with Crippen molar-refractivity contribution in [1.82, 2.24) is 0 Å². The number of benzene rings is 1. The fourth-order valence-electron chi connectivity index (χ4n) is 1.82. The molecule has 1 aromatic carbocycles. The molecule has 1 aromatic rings. The van der Waals surface area contributed by atoms with Crippen LogP contribution in [0.5, 0.6) is 0 Å². The number of para-hydroxylation sites is 1. The summed E-state index contributed by atoms with van der Waals surface area (Å²) in [5.74, 6) is 0. The zero-order valence-corrected chi connectivity index (χ0v) is 9.35. The van der Waals surface area contributed by atoms with Crippen molar-refractivity contribution in [3.63, 3.8) is 0 Å². The molecule has 1 saturated heterocycles. The number of nitrogens with one attached hydrogen (secondary N) is 1. The van der Waals surface area contributed by atoms with Crippen molar-refractivity contribution in [1.29, 1.82) is 0 Å². The van der Waals surface area contributed by atoms with E-state index in [-0.39, 0.29) is 6.04 Å². The molecular formula is C12H17NO3. The Hall–Kier alpha value is -1.10. The standard InChI is InChI=1S/C12H17NO3/c1-15-6-9-4-2-3-5-10(9)13-11-7-16-8-12(11)14/h2-5,11-14H,6-8H2,1H3. The van der Waals surface area contributed by atoms with Crippen molar-refractivity contribution in [3.8, 4) is 0 Å². The second-order valence-electron chi connectivity index (χ2n) is 3.95. The van der Waals surface area contributed by atoms with Gasteiger partial charge in [0.25, 0.3) is 0 Å². The summed E-state index contributed by atoms with van der Waals surface area (Å²) in [5.41, 5.74) is 2.09. The van der Waals surface area contributed by atoms with Crippen molar-refractivity contribution in [2.45, 2.75) is 18.8 Å². The second kappa shape index (κ2) is 5.30. The van der Waals surface area contributed by atoms with Gasteiger partial charge < -0.3 is 19.9 Å². The highest BCUT2D eigenvalue weighted by Crippen LogP contribution is 2.19. The van der Waals surface area contributed by atoms with Gasteiger partial charge in [0.2, 0.25) is 0 Å². The molecule has 1 aliphatic heterocycles. The minimum Gasteiger partial charge on any atom is -0.388 e. The van der Waals surface area contributed by atoms with Gasteiger partial charge in [0.1, 0.15) is 0 Å². The van der Waals surface area contributed by atoms with E-state index in [2.05, 4.69) is 5.32 Å². The van der Waals surface area contributed by atoms with Crippen LogP contribution in [-0.4, -0.2) is 37.6 Å². The first-order chi connectivity index (χ1) is 7.81. The third-order valence-corrected chi connectivity index (χ3v) is 2.71. The topological polar surface area (TPSA) is 50.7 Å². The van der Waals surface area contributed by atoms with E-state index >= 15 is 0 Å². The van der Waals surface area contributed by atoms with Crippen LogP contribution in [0.3, 0.4) is 0 Å². The van der Waals surface area contributed by atoms with E-state index in [4.69, 9.17) is 9.47 Å². The fraction of sp³-hybridized carbons (Fsp3) is 0.500. The number of ether oxygens (including phenoxy) is 2. The fourth-order valence-corrected chi connectivity index (χ4v) is 1.82. The number of hydrogen-bond acceptors (Lipinski definition) is 4. The van der Waals surface area contributed by atoms with E-state index in [1.165, 1.54) is 0 Å². The highest BCUT2D eigenvalue weighted by molar-refractivity contribution is 5.51. The molecule has 88 valence electrons. The Morgan fingerprint density at radius 1 is 1.44 bits per heavy atom. The Bertz CT molecular complexity index is 343. The van der Waals surface area contributed by atoms with Crippen molar-refractivity contribution in [2.75, 3.05) is 25.6 Å². The van der Waals surface area contributed by atoms with Crippen LogP contribution >= 0.6 is 0 Å². The summed E-state index contributed by atoms with van der Waals surface area (Å²) in [6, 6.07) is 7.90. The molecule has 1 aliphatic rings. The quantitative estimate of drug-likeness (QED) is 0.799. The lowest BCUT2D eigenvalue weighted by Gasteiger charge is -2.18. The minimum absolute atomic E-state index is 0.0296. The van der Waals surface area contributed by atoms with E-state index in [0.29, 0.717) is 19.8 Å². The summed E-state index contributed by atoms with van der Waals surface area (Å²) < 4.78 is 10.3. The number of aliphatic hydroxyl groups excluding tert-OH is 1. The van der Waals surface area contributed by atoms with Crippen LogP contribution in [0.15, 0.2) is 24.3 Å². The second-order valence-corrected chi connectivity index (χ2v) is 3.95. The van der Waals surface area contributed by atoms with Crippen LogP contribution < -0.4 is 5.32 Å². The molecule has 1 fully saturated rings. The molecule has 0 amide bonds. The first-order valence-electron chi connectivity index (χ1n) is 5.40. The monoisotopic (exact) mass is 223 g/mol. The minimum atomic E-state index is -0.435. The maximum atomic E-state index is 9.65. The maximum absolute atomic E-state index is 9.65. The molecular weight excluding hydrogens is 206 g/mol. The largest absolute Gasteiger partial charge is 0.388 e. The van der Waals surface area contributed by atoms with E-state index in [1.54, 1.807) is 7.11 Å². The molecule has 0 aliphatic carbocycles. The van der Waals surface area contributed by atoms with Crippen LogP contribution in [0.2, 0.25) is 0 Å². The van der Waals surface area contributed by atoms with Gasteiger partial charge in [-0.25, -0.2) is 0 Å². The van der Waals surface area contributed by atoms with E-state index in [1.807, 2.05) is 24.3 Å². The van der Waals surface area contributed by atoms with Crippen LogP contribution in [-0.2, 0) is 16.1 Å². The van der Waals surface area contributed by atoms with Crippen molar-refractivity contribution < 1.29 is 14.6 Å². The lowest BCUT2D eigenvalue weighted by molar-refractivity contribution is 0.125. The van der Waals surface area contributed by atoms with Gasteiger partial charge in [-0.05, 0) is 6.07 Å². The first-order valence-corrected chi connectivity index (χ1v) is 5.40. The molecule has 0 saturated carbocycles. The van der Waals surface area contributed by atoms with Gasteiger partial charge in [-0.2, -0.15) is 0 Å². The third kappa shape index (κ3) is 2.52. The SMILES string of the molecule is COCc1ccccc1NC1COCC1O. The van der Waals surface area contributed by atoms with Crippen LogP contribution in [0.1, 0.15) is 5.56 Å². The van der Waals surface area contributed by atoms with Crippen LogP contribution in [0, 0.1) is 0 Å². The molecule has 2 atom stereocenters. The zero-order valence-electron chi connectivity index (χ0n) is 9.35. The van der Waals surface area contributed by atoms with E-state index < -0.39 is 6.10 Å². The number of rotatable bonds is 4. The maximum Gasteiger partial charge on any atom is 0.0996 e. The number of hydrogen-bond donors (Lipinski definition) is 2. The predicted molar refractivity (Wildman–Crippen MR) is 61.4 cm³/mol. The Labute approximate surface area is 95.2 Å². The van der Waals surface area contributed by atoms with Gasteiger partial charge in [-0.15, -0.1) is 0 Å². The smallest absolute Gasteiger partial charge is 0.0996 e. The zero-order chi connectivity index (χ0) is 11.4. The van der Waals surface area contributed by atoms with Gasteiger partial charge in [0.05, 0.1) is 32.0 Å². The molecule has 4 heteroatoms. The normalized spacial score (nSPS) is 24.6. The van der Waals surface area contributed by atoms with Gasteiger partial charge in [-0.3, -0.25) is 0 Å². The summed E-state index contributed by atoms with van der Waals surface area (Å²) >= 11 is 0. The third-order valence-electron chi connectivity index (χ3n) is 2.71. The lowest BCUT2D eigenvalue weighted by Crippen LogP contribution is -2.32. The average molecular weight is 223 g/mol. The molecule has 0 aromatic heterocycles. The molecule has 0 bridgehead atoms. The van der Waals surface area contributed by atoms with E-state index in [0.717, 1.165) is 11.3 Å². The molecule has 1 heterocycles. The van der Waals surface area contributed by atoms with Crippen molar-refractivity contribution in [2.24, 2.45) is 0 Å². The van der Waals surface area contributed by atoms with Gasteiger partial charge >= 0.3 is 0 Å². The van der Waals surface area contributed by atoms with Crippen LogP contribution in [0.25, 0.3) is 0 Å². The summed E-state index contributed by atoms with van der Waals surface area (Å²) in [7, 11) is 1.67. The Kier molecular flexibility index (Phi) is 3.77. The van der Waals surface area contributed by atoms with Crippen LogP contribution in [0.4, 0.5) is 5.69 Å². The Morgan fingerprint density at radius 2 is 2.25 bits per heavy atom. The number of aliphatic hydroxyl groups is 1. The lowest BCUT2D eigenvalue weighted by atomic mass is 10.1. The summed E-state index contributed by atoms with van der Waals surface area (Å²) in [6.45, 7) is 1.51. The highest BCUT2D eigenvalue weighted by Gasteiger charge is 2.26. The first kappa shape index (κ1) is 11.4. The molecule has 2 N–H and O–H groups in total. The Morgan fingerprint density at radius 3 is 2.94 bits per heavy atom. The van der Waals surface area contributed by atoms with E-state index in [9.17, 15) is 5.11 Å². The number of methoxy groups -OCH3 is 1. The molecule has 2 unspecified atom stereocenters.